The van der Waals surface area contributed by atoms with Crippen LogP contribution in [-0.4, -0.2) is 4.57 Å². The van der Waals surface area contributed by atoms with Crippen molar-refractivity contribution >= 4 is 43.7 Å². The molecular formula is C45H31NO. The smallest absolute Gasteiger partial charge is 0.135 e. The maximum absolute atomic E-state index is 6.18. The van der Waals surface area contributed by atoms with Crippen molar-refractivity contribution in [3.8, 4) is 39.1 Å². The van der Waals surface area contributed by atoms with Gasteiger partial charge in [-0.1, -0.05) is 129 Å². The highest BCUT2D eigenvalue weighted by atomic mass is 16.3. The van der Waals surface area contributed by atoms with Crippen LogP contribution in [0.4, 0.5) is 0 Å². The molecule has 0 atom stereocenters. The lowest BCUT2D eigenvalue weighted by Gasteiger charge is -2.22. The van der Waals surface area contributed by atoms with E-state index in [4.69, 9.17) is 4.42 Å². The second-order valence-corrected chi connectivity index (χ2v) is 13.3. The maximum Gasteiger partial charge on any atom is 0.135 e. The number of furan rings is 1. The molecule has 2 nitrogen and oxygen atoms in total. The summed E-state index contributed by atoms with van der Waals surface area (Å²) in [5.41, 5.74) is 15.8. The summed E-state index contributed by atoms with van der Waals surface area (Å²) in [6.07, 6.45) is 0. The molecule has 0 radical (unpaired) electrons. The highest BCUT2D eigenvalue weighted by molar-refractivity contribution is 6.14. The summed E-state index contributed by atoms with van der Waals surface area (Å²) >= 11 is 0. The first kappa shape index (κ1) is 26.4. The van der Waals surface area contributed by atoms with Crippen LogP contribution in [0.5, 0.6) is 0 Å². The average molecular weight is 602 g/mol. The number of para-hydroxylation sites is 3. The molecule has 2 heterocycles. The van der Waals surface area contributed by atoms with Crippen molar-refractivity contribution in [3.05, 3.63) is 163 Å². The molecule has 0 aliphatic heterocycles. The monoisotopic (exact) mass is 601 g/mol. The van der Waals surface area contributed by atoms with E-state index in [0.29, 0.717) is 0 Å². The van der Waals surface area contributed by atoms with Gasteiger partial charge in [0.25, 0.3) is 0 Å². The van der Waals surface area contributed by atoms with Crippen LogP contribution in [0.1, 0.15) is 25.0 Å². The highest BCUT2D eigenvalue weighted by Crippen LogP contribution is 2.49. The van der Waals surface area contributed by atoms with Crippen molar-refractivity contribution < 1.29 is 4.42 Å². The van der Waals surface area contributed by atoms with Crippen LogP contribution in [0, 0.1) is 0 Å². The molecule has 10 rings (SSSR count). The molecule has 47 heavy (non-hydrogen) atoms. The Balaban J connectivity index is 1.12. The molecule has 2 heteroatoms. The Labute approximate surface area is 273 Å². The molecule has 0 spiro atoms. The summed E-state index contributed by atoms with van der Waals surface area (Å²) in [4.78, 5) is 0. The third-order valence-electron chi connectivity index (χ3n) is 10.4. The van der Waals surface area contributed by atoms with E-state index >= 15 is 0 Å². The first-order chi connectivity index (χ1) is 23.1. The van der Waals surface area contributed by atoms with Crippen LogP contribution in [-0.2, 0) is 5.41 Å². The van der Waals surface area contributed by atoms with E-state index in [1.807, 2.05) is 12.1 Å². The molecular weight excluding hydrogens is 571 g/mol. The van der Waals surface area contributed by atoms with Gasteiger partial charge in [0.05, 0.1) is 11.0 Å². The Kier molecular flexibility index (Phi) is 5.37. The average Bonchev–Trinajstić information content (AvgIpc) is 3.74. The van der Waals surface area contributed by atoms with Crippen molar-refractivity contribution in [1.82, 2.24) is 4.57 Å². The van der Waals surface area contributed by atoms with Gasteiger partial charge >= 0.3 is 0 Å². The molecule has 1 aliphatic rings. The van der Waals surface area contributed by atoms with Crippen LogP contribution in [0.3, 0.4) is 0 Å². The normalized spacial score (nSPS) is 13.5. The van der Waals surface area contributed by atoms with Crippen LogP contribution >= 0.6 is 0 Å². The maximum atomic E-state index is 6.18. The van der Waals surface area contributed by atoms with Gasteiger partial charge in [0, 0.05) is 38.2 Å². The Morgan fingerprint density at radius 2 is 1.11 bits per heavy atom. The summed E-state index contributed by atoms with van der Waals surface area (Å²) in [6.45, 7) is 4.69. The standard InChI is InChI=1S/C45H31NO/c1-45(2)39-15-6-3-10-33(39)34-24-22-30(26-40(34)45)28-18-20-29(21-19-28)32-13-9-14-37-35-11-4-7-16-41(35)46(44(32)37)31-23-25-43-38(27-31)36-12-5-8-17-42(36)47-43/h3-27H,1-2H3. The molecule has 9 aromatic rings. The molecule has 0 fully saturated rings. The van der Waals surface area contributed by atoms with Crippen molar-refractivity contribution in [2.75, 3.05) is 0 Å². The molecule has 0 saturated carbocycles. The predicted octanol–water partition coefficient (Wildman–Crippen LogP) is 12.3. The van der Waals surface area contributed by atoms with Crippen molar-refractivity contribution in [1.29, 1.82) is 0 Å². The molecule has 0 amide bonds. The Bertz CT molecular complexity index is 2700. The van der Waals surface area contributed by atoms with E-state index in [9.17, 15) is 0 Å². The Morgan fingerprint density at radius 1 is 0.447 bits per heavy atom. The number of fused-ring (bicyclic) bond motifs is 9. The molecule has 0 N–H and O–H groups in total. The fourth-order valence-corrected chi connectivity index (χ4v) is 8.10. The number of aromatic nitrogens is 1. The quantitative estimate of drug-likeness (QED) is 0.197. The van der Waals surface area contributed by atoms with Gasteiger partial charge in [-0.05, 0) is 75.3 Å². The van der Waals surface area contributed by atoms with E-state index in [2.05, 4.69) is 158 Å². The molecule has 222 valence electrons. The second-order valence-electron chi connectivity index (χ2n) is 13.3. The fourth-order valence-electron chi connectivity index (χ4n) is 8.10. The van der Waals surface area contributed by atoms with Crippen LogP contribution < -0.4 is 0 Å². The Morgan fingerprint density at radius 3 is 2.00 bits per heavy atom. The third-order valence-corrected chi connectivity index (χ3v) is 10.4. The number of hydrogen-bond donors (Lipinski definition) is 0. The first-order valence-corrected chi connectivity index (χ1v) is 16.4. The van der Waals surface area contributed by atoms with Crippen LogP contribution in [0.15, 0.2) is 156 Å². The van der Waals surface area contributed by atoms with E-state index in [-0.39, 0.29) is 5.41 Å². The van der Waals surface area contributed by atoms with Crippen LogP contribution in [0.25, 0.3) is 82.8 Å². The summed E-state index contributed by atoms with van der Waals surface area (Å²) in [5, 5.41) is 4.77. The lowest BCUT2D eigenvalue weighted by atomic mass is 9.81. The molecule has 7 aromatic carbocycles. The Hall–Kier alpha value is -5.86. The van der Waals surface area contributed by atoms with Crippen molar-refractivity contribution in [3.63, 3.8) is 0 Å². The zero-order valence-corrected chi connectivity index (χ0v) is 26.3. The van der Waals surface area contributed by atoms with Gasteiger partial charge in [0.1, 0.15) is 11.2 Å². The van der Waals surface area contributed by atoms with Gasteiger partial charge in [-0.3, -0.25) is 0 Å². The second kappa shape index (κ2) is 9.57. The molecule has 1 aliphatic carbocycles. The predicted molar refractivity (Wildman–Crippen MR) is 196 cm³/mol. The van der Waals surface area contributed by atoms with Gasteiger partial charge in [-0.15, -0.1) is 0 Å². The third kappa shape index (κ3) is 3.73. The largest absolute Gasteiger partial charge is 0.456 e. The van der Waals surface area contributed by atoms with Crippen molar-refractivity contribution in [2.24, 2.45) is 0 Å². The van der Waals surface area contributed by atoms with Gasteiger partial charge in [0.2, 0.25) is 0 Å². The number of hydrogen-bond acceptors (Lipinski definition) is 1. The minimum absolute atomic E-state index is 0.0172. The minimum Gasteiger partial charge on any atom is -0.456 e. The van der Waals surface area contributed by atoms with Crippen molar-refractivity contribution in [2.45, 2.75) is 19.3 Å². The summed E-state index contributed by atoms with van der Waals surface area (Å²) < 4.78 is 8.61. The van der Waals surface area contributed by atoms with Gasteiger partial charge in [-0.25, -0.2) is 0 Å². The fraction of sp³-hybridized carbons (Fsp3) is 0.0667. The van der Waals surface area contributed by atoms with Gasteiger partial charge < -0.3 is 8.98 Å². The topological polar surface area (TPSA) is 18.1 Å². The van der Waals surface area contributed by atoms with Crippen LogP contribution in [0.2, 0.25) is 0 Å². The molecule has 0 bridgehead atoms. The molecule has 2 aromatic heterocycles. The van der Waals surface area contributed by atoms with Gasteiger partial charge in [0.15, 0.2) is 0 Å². The highest BCUT2D eigenvalue weighted by Gasteiger charge is 2.35. The SMILES string of the molecule is CC1(C)c2ccccc2-c2ccc(-c3ccc(-c4cccc5c6ccccc6n(-c6ccc7oc8ccccc8c7c6)c45)cc3)cc21. The number of rotatable bonds is 3. The number of benzene rings is 7. The van der Waals surface area contributed by atoms with Gasteiger partial charge in [-0.2, -0.15) is 0 Å². The zero-order valence-electron chi connectivity index (χ0n) is 26.3. The zero-order chi connectivity index (χ0) is 31.3. The molecule has 0 unspecified atom stereocenters. The summed E-state index contributed by atoms with van der Waals surface area (Å²) in [6, 6.07) is 55.3. The number of nitrogens with zero attached hydrogens (tertiary/aromatic N) is 1. The lowest BCUT2D eigenvalue weighted by molar-refractivity contribution is 0.660. The minimum atomic E-state index is -0.0172. The summed E-state index contributed by atoms with van der Waals surface area (Å²) in [5.74, 6) is 0. The molecule has 0 saturated heterocycles. The van der Waals surface area contributed by atoms with E-state index < -0.39 is 0 Å². The van der Waals surface area contributed by atoms with E-state index in [0.717, 1.165) is 27.6 Å². The lowest BCUT2D eigenvalue weighted by Crippen LogP contribution is -2.14. The van der Waals surface area contributed by atoms with E-state index in [1.165, 1.54) is 66.3 Å². The summed E-state index contributed by atoms with van der Waals surface area (Å²) in [7, 11) is 0. The first-order valence-electron chi connectivity index (χ1n) is 16.4. The van der Waals surface area contributed by atoms with E-state index in [1.54, 1.807) is 0 Å².